The number of H-pyrrole nitrogens is 1. The second kappa shape index (κ2) is 5.91. The van der Waals surface area contributed by atoms with Crippen LogP contribution in [-0.2, 0) is 6.42 Å². The number of aryl methyl sites for hydroxylation is 2. The zero-order valence-corrected chi connectivity index (χ0v) is 11.1. The second-order valence-electron chi connectivity index (χ2n) is 3.11. The summed E-state index contributed by atoms with van der Waals surface area (Å²) in [6.45, 7) is 5.98. The Balaban J connectivity index is 0.000000531. The molecular formula is C12H17BrN2. The number of imidazole rings is 1. The highest BCUT2D eigenvalue weighted by atomic mass is 79.9. The first kappa shape index (κ1) is 12.2. The van der Waals surface area contributed by atoms with Crippen molar-refractivity contribution in [3.05, 3.63) is 29.6 Å². The molecule has 15 heavy (non-hydrogen) atoms. The molecule has 82 valence electrons. The Morgan fingerprint density at radius 2 is 2.07 bits per heavy atom. The van der Waals surface area contributed by atoms with E-state index in [-0.39, 0.29) is 0 Å². The van der Waals surface area contributed by atoms with Gasteiger partial charge in [0.25, 0.3) is 0 Å². The van der Waals surface area contributed by atoms with Gasteiger partial charge in [-0.25, -0.2) is 4.98 Å². The maximum atomic E-state index is 4.35. The van der Waals surface area contributed by atoms with Gasteiger partial charge in [-0.05, 0) is 31.0 Å². The average Bonchev–Trinajstić information content (AvgIpc) is 2.61. The molecule has 1 heterocycles. The third-order valence-corrected chi connectivity index (χ3v) is 2.44. The van der Waals surface area contributed by atoms with Crippen LogP contribution in [0.5, 0.6) is 0 Å². The van der Waals surface area contributed by atoms with Crippen LogP contribution in [0.2, 0.25) is 0 Å². The minimum atomic E-state index is 0.978. The van der Waals surface area contributed by atoms with Crippen LogP contribution < -0.4 is 0 Å². The first-order valence-corrected chi connectivity index (χ1v) is 6.43. The molecule has 1 aromatic carbocycles. The van der Waals surface area contributed by atoms with E-state index < -0.39 is 0 Å². The predicted octanol–water partition coefficient (Wildman–Crippen LogP) is 3.83. The molecule has 0 bridgehead atoms. The molecule has 0 saturated carbocycles. The van der Waals surface area contributed by atoms with Crippen LogP contribution in [0.15, 0.2) is 18.2 Å². The van der Waals surface area contributed by atoms with Gasteiger partial charge in [-0.15, -0.1) is 0 Å². The third-order valence-electron chi connectivity index (χ3n) is 2.05. The quantitative estimate of drug-likeness (QED) is 0.824. The minimum absolute atomic E-state index is 0.978. The van der Waals surface area contributed by atoms with Crippen molar-refractivity contribution in [2.75, 3.05) is 5.33 Å². The van der Waals surface area contributed by atoms with Gasteiger partial charge in [-0.2, -0.15) is 0 Å². The molecule has 1 N–H and O–H groups in total. The summed E-state index contributed by atoms with van der Waals surface area (Å²) < 4.78 is 0. The molecule has 0 saturated heterocycles. The van der Waals surface area contributed by atoms with Crippen LogP contribution in [0.3, 0.4) is 0 Å². The smallest absolute Gasteiger partial charge is 0.104 e. The van der Waals surface area contributed by atoms with Crippen LogP contribution in [0.1, 0.15) is 25.2 Å². The fraction of sp³-hybridized carbons (Fsp3) is 0.417. The van der Waals surface area contributed by atoms with Gasteiger partial charge in [0.15, 0.2) is 0 Å². The second-order valence-corrected chi connectivity index (χ2v) is 3.91. The molecular weight excluding hydrogens is 252 g/mol. The van der Waals surface area contributed by atoms with Crippen molar-refractivity contribution < 1.29 is 0 Å². The maximum Gasteiger partial charge on any atom is 0.104 e. The van der Waals surface area contributed by atoms with E-state index in [2.05, 4.69) is 44.1 Å². The summed E-state index contributed by atoms with van der Waals surface area (Å²) >= 11 is 3.43. The van der Waals surface area contributed by atoms with E-state index in [0.29, 0.717) is 0 Å². The van der Waals surface area contributed by atoms with Crippen molar-refractivity contribution >= 4 is 27.0 Å². The number of alkyl halides is 1. The van der Waals surface area contributed by atoms with Gasteiger partial charge in [0.2, 0.25) is 0 Å². The van der Waals surface area contributed by atoms with Crippen LogP contribution >= 0.6 is 15.9 Å². The van der Waals surface area contributed by atoms with E-state index >= 15 is 0 Å². The Labute approximate surface area is 99.2 Å². The van der Waals surface area contributed by atoms with Gasteiger partial charge in [-0.1, -0.05) is 35.8 Å². The molecule has 1 aromatic heterocycles. The first-order valence-electron chi connectivity index (χ1n) is 5.31. The number of nitrogens with zero attached hydrogens (tertiary/aromatic N) is 1. The van der Waals surface area contributed by atoms with E-state index in [4.69, 9.17) is 0 Å². The Morgan fingerprint density at radius 1 is 1.33 bits per heavy atom. The number of nitrogens with one attached hydrogen (secondary N) is 1. The molecule has 0 aliphatic carbocycles. The zero-order valence-electron chi connectivity index (χ0n) is 9.47. The fourth-order valence-electron chi connectivity index (χ4n) is 1.45. The van der Waals surface area contributed by atoms with Crippen molar-refractivity contribution in [3.63, 3.8) is 0 Å². The van der Waals surface area contributed by atoms with E-state index in [0.717, 1.165) is 28.6 Å². The summed E-state index contributed by atoms with van der Waals surface area (Å²) in [6, 6.07) is 6.36. The van der Waals surface area contributed by atoms with Crippen LogP contribution in [0.4, 0.5) is 0 Å². The van der Waals surface area contributed by atoms with Crippen molar-refractivity contribution in [2.24, 2.45) is 0 Å². The van der Waals surface area contributed by atoms with Gasteiger partial charge in [0, 0.05) is 5.33 Å². The van der Waals surface area contributed by atoms with E-state index in [1.54, 1.807) is 0 Å². The topological polar surface area (TPSA) is 28.7 Å². The van der Waals surface area contributed by atoms with Crippen LogP contribution in [-0.4, -0.2) is 15.3 Å². The minimum Gasteiger partial charge on any atom is -0.342 e. The SMILES string of the molecule is CC.Cc1nc2ccc(CCBr)cc2[nH]1. The van der Waals surface area contributed by atoms with Gasteiger partial charge >= 0.3 is 0 Å². The number of rotatable bonds is 2. The van der Waals surface area contributed by atoms with E-state index in [1.807, 2.05) is 20.8 Å². The summed E-state index contributed by atoms with van der Waals surface area (Å²) in [7, 11) is 0. The lowest BCUT2D eigenvalue weighted by molar-refractivity contribution is 1.16. The normalized spacial score (nSPS) is 9.87. The first-order chi connectivity index (χ1) is 7.29. The highest BCUT2D eigenvalue weighted by Crippen LogP contribution is 2.14. The van der Waals surface area contributed by atoms with Crippen LogP contribution in [0.25, 0.3) is 11.0 Å². The molecule has 0 radical (unpaired) electrons. The number of benzene rings is 1. The van der Waals surface area contributed by atoms with E-state index in [1.165, 1.54) is 5.56 Å². The molecule has 0 unspecified atom stereocenters. The highest BCUT2D eigenvalue weighted by molar-refractivity contribution is 9.09. The van der Waals surface area contributed by atoms with Crippen molar-refractivity contribution in [3.8, 4) is 0 Å². The predicted molar refractivity (Wildman–Crippen MR) is 69.7 cm³/mol. The van der Waals surface area contributed by atoms with Gasteiger partial charge in [0.1, 0.15) is 5.82 Å². The number of halogens is 1. The van der Waals surface area contributed by atoms with Crippen LogP contribution in [0, 0.1) is 6.92 Å². The van der Waals surface area contributed by atoms with Gasteiger partial charge in [0.05, 0.1) is 11.0 Å². The fourth-order valence-corrected chi connectivity index (χ4v) is 1.91. The third kappa shape index (κ3) is 3.06. The van der Waals surface area contributed by atoms with Crippen molar-refractivity contribution in [2.45, 2.75) is 27.2 Å². The lowest BCUT2D eigenvalue weighted by Crippen LogP contribution is -1.84. The maximum absolute atomic E-state index is 4.35. The Morgan fingerprint density at radius 3 is 2.73 bits per heavy atom. The number of aromatic amines is 1. The molecule has 2 rings (SSSR count). The molecule has 2 aromatic rings. The van der Waals surface area contributed by atoms with Crippen molar-refractivity contribution in [1.29, 1.82) is 0 Å². The number of hydrogen-bond acceptors (Lipinski definition) is 1. The standard InChI is InChI=1S/C10H11BrN2.C2H6/c1-7-12-9-3-2-8(4-5-11)6-10(9)13-7;1-2/h2-3,6H,4-5H2,1H3,(H,12,13);1-2H3. The Bertz CT molecular complexity index is 420. The summed E-state index contributed by atoms with van der Waals surface area (Å²) in [6.07, 6.45) is 1.06. The Hall–Kier alpha value is -0.830. The van der Waals surface area contributed by atoms with Crippen molar-refractivity contribution in [1.82, 2.24) is 9.97 Å². The molecule has 3 heteroatoms. The summed E-state index contributed by atoms with van der Waals surface area (Å²) in [5.41, 5.74) is 3.53. The zero-order chi connectivity index (χ0) is 11.3. The lowest BCUT2D eigenvalue weighted by Gasteiger charge is -1.96. The summed E-state index contributed by atoms with van der Waals surface area (Å²) in [4.78, 5) is 7.58. The molecule has 0 atom stereocenters. The monoisotopic (exact) mass is 268 g/mol. The lowest BCUT2D eigenvalue weighted by atomic mass is 10.1. The molecule has 2 nitrogen and oxygen atoms in total. The summed E-state index contributed by atoms with van der Waals surface area (Å²) in [5.74, 6) is 0.978. The molecule has 0 aliphatic heterocycles. The number of hydrogen-bond donors (Lipinski definition) is 1. The number of aromatic nitrogens is 2. The largest absolute Gasteiger partial charge is 0.342 e. The number of fused-ring (bicyclic) bond motifs is 1. The molecule has 0 spiro atoms. The Kier molecular flexibility index (Phi) is 4.82. The van der Waals surface area contributed by atoms with Gasteiger partial charge in [-0.3, -0.25) is 0 Å². The highest BCUT2D eigenvalue weighted by Gasteiger charge is 1.99. The van der Waals surface area contributed by atoms with Gasteiger partial charge < -0.3 is 4.98 Å². The average molecular weight is 269 g/mol. The van der Waals surface area contributed by atoms with E-state index in [9.17, 15) is 0 Å². The summed E-state index contributed by atoms with van der Waals surface area (Å²) in [5, 5.41) is 1.01. The molecule has 0 fully saturated rings. The molecule has 0 aliphatic rings. The molecule has 0 amide bonds.